The normalized spacial score (nSPS) is 10.9. The average molecular weight is 348 g/mol. The first kappa shape index (κ1) is 28.4. The Morgan fingerprint density at radius 1 is 0.545 bits per heavy atom. The predicted octanol–water partition coefficient (Wildman–Crippen LogP) is -0.484. The molecule has 1 radical (unpaired) electrons. The molecule has 0 aliphatic carbocycles. The molecule has 7 heteroatoms. The fourth-order valence-corrected chi connectivity index (χ4v) is 0.859. The number of ketones is 3. The third kappa shape index (κ3) is 51.7. The van der Waals surface area contributed by atoms with Crippen molar-refractivity contribution in [2.45, 2.75) is 41.5 Å². The van der Waals surface area contributed by atoms with Crippen LogP contribution in [-0.2, 0) is 32.9 Å². The Labute approximate surface area is 143 Å². The Bertz CT molecular complexity index is 368. The molecule has 0 aliphatic heterocycles. The minimum atomic E-state index is -0.187. The van der Waals surface area contributed by atoms with E-state index in [-0.39, 0.29) is 53.2 Å². The standard InChI is InChI=1S/3C5H8O2.V/c3*1-4(6)3-5(2)7;/h3*3,6H,1-2H3;/p-3/b3*4-3-;. The molecule has 0 amide bonds. The number of rotatable bonds is 3. The van der Waals surface area contributed by atoms with Gasteiger partial charge in [-0.1, -0.05) is 20.8 Å². The average Bonchev–Trinajstić information content (AvgIpc) is 2.10. The van der Waals surface area contributed by atoms with Gasteiger partial charge in [0.25, 0.3) is 0 Å². The summed E-state index contributed by atoms with van der Waals surface area (Å²) in [5.74, 6) is -1.12. The van der Waals surface area contributed by atoms with Crippen LogP contribution in [0.15, 0.2) is 35.5 Å². The van der Waals surface area contributed by atoms with E-state index in [1.807, 2.05) is 0 Å². The molecule has 0 saturated heterocycles. The first-order valence-electron chi connectivity index (χ1n) is 5.96. The molecule has 0 heterocycles. The summed E-state index contributed by atoms with van der Waals surface area (Å²) in [4.78, 5) is 29.9. The molecule has 22 heavy (non-hydrogen) atoms. The van der Waals surface area contributed by atoms with E-state index in [9.17, 15) is 29.7 Å². The van der Waals surface area contributed by atoms with E-state index in [0.717, 1.165) is 18.2 Å². The van der Waals surface area contributed by atoms with E-state index in [1.165, 1.54) is 41.5 Å². The van der Waals surface area contributed by atoms with Gasteiger partial charge in [0.15, 0.2) is 17.3 Å². The van der Waals surface area contributed by atoms with Gasteiger partial charge in [0, 0.05) is 18.6 Å². The maximum absolute atomic E-state index is 9.98. The topological polar surface area (TPSA) is 120 Å². The van der Waals surface area contributed by atoms with Crippen molar-refractivity contribution in [2.24, 2.45) is 0 Å². The second-order valence-electron chi connectivity index (χ2n) is 4.10. The first-order valence-corrected chi connectivity index (χ1v) is 5.96. The van der Waals surface area contributed by atoms with E-state index in [2.05, 4.69) is 0 Å². The van der Waals surface area contributed by atoms with Crippen molar-refractivity contribution in [3.63, 3.8) is 0 Å². The zero-order valence-electron chi connectivity index (χ0n) is 13.6. The van der Waals surface area contributed by atoms with Crippen molar-refractivity contribution in [3.05, 3.63) is 35.5 Å². The Morgan fingerprint density at radius 3 is 0.682 bits per heavy atom. The SMILES string of the molecule is CC(=O)/C=C(/C)[O-].CC(=O)/C=C(/C)[O-].CC(=O)/C=C(/C)[O-].[V]. The molecule has 0 saturated carbocycles. The monoisotopic (exact) mass is 348 g/mol. The largest absolute Gasteiger partial charge is 0.876 e. The summed E-state index contributed by atoms with van der Waals surface area (Å²) in [6.45, 7) is 8.09. The van der Waals surface area contributed by atoms with Crippen molar-refractivity contribution in [2.75, 3.05) is 0 Å². The molecule has 0 rings (SSSR count). The van der Waals surface area contributed by atoms with Crippen molar-refractivity contribution < 1.29 is 48.3 Å². The summed E-state index contributed by atoms with van der Waals surface area (Å²) in [7, 11) is 0. The van der Waals surface area contributed by atoms with E-state index < -0.39 is 0 Å². The smallest absolute Gasteiger partial charge is 0.151 e. The minimum Gasteiger partial charge on any atom is -0.876 e. The minimum absolute atomic E-state index is 0. The van der Waals surface area contributed by atoms with Gasteiger partial charge < -0.3 is 15.3 Å². The Balaban J connectivity index is -0.000000108. The fraction of sp³-hybridized carbons (Fsp3) is 0.400. The number of carbonyl (C=O) groups is 3. The van der Waals surface area contributed by atoms with Gasteiger partial charge in [-0.05, 0) is 39.0 Å². The van der Waals surface area contributed by atoms with Crippen molar-refractivity contribution in [1.82, 2.24) is 0 Å². The molecule has 0 bridgehead atoms. The van der Waals surface area contributed by atoms with Crippen LogP contribution in [0, 0.1) is 0 Å². The Hall–Kier alpha value is -1.79. The van der Waals surface area contributed by atoms with Gasteiger partial charge in [0.05, 0.1) is 0 Å². The van der Waals surface area contributed by atoms with Gasteiger partial charge in [0.1, 0.15) is 0 Å². The number of hydrogen-bond donors (Lipinski definition) is 0. The van der Waals surface area contributed by atoms with E-state index in [1.54, 1.807) is 0 Å². The molecule has 0 unspecified atom stereocenters. The third-order valence-corrected chi connectivity index (χ3v) is 1.22. The molecule has 125 valence electrons. The summed E-state index contributed by atoms with van der Waals surface area (Å²) >= 11 is 0. The fourth-order valence-electron chi connectivity index (χ4n) is 0.859. The van der Waals surface area contributed by atoms with Crippen molar-refractivity contribution >= 4 is 17.3 Å². The van der Waals surface area contributed by atoms with Crippen LogP contribution in [0.2, 0.25) is 0 Å². The van der Waals surface area contributed by atoms with Crippen molar-refractivity contribution in [1.29, 1.82) is 0 Å². The van der Waals surface area contributed by atoms with Crippen LogP contribution in [0.3, 0.4) is 0 Å². The summed E-state index contributed by atoms with van der Waals surface area (Å²) in [5, 5.41) is 29.9. The van der Waals surface area contributed by atoms with Gasteiger partial charge in [0.2, 0.25) is 0 Å². The Kier molecular flexibility index (Phi) is 22.3. The van der Waals surface area contributed by atoms with Crippen molar-refractivity contribution in [3.8, 4) is 0 Å². The molecule has 6 nitrogen and oxygen atoms in total. The van der Waals surface area contributed by atoms with Gasteiger partial charge in [-0.3, -0.25) is 14.4 Å². The third-order valence-electron chi connectivity index (χ3n) is 1.22. The molecule has 0 spiro atoms. The zero-order valence-corrected chi connectivity index (χ0v) is 15.0. The van der Waals surface area contributed by atoms with E-state index >= 15 is 0 Å². The van der Waals surface area contributed by atoms with Crippen LogP contribution in [0.1, 0.15) is 41.5 Å². The van der Waals surface area contributed by atoms with E-state index in [4.69, 9.17) is 0 Å². The summed E-state index contributed by atoms with van der Waals surface area (Å²) < 4.78 is 0. The summed E-state index contributed by atoms with van der Waals surface area (Å²) in [5.41, 5.74) is 0. The van der Waals surface area contributed by atoms with Crippen LogP contribution in [-0.4, -0.2) is 17.3 Å². The summed E-state index contributed by atoms with van der Waals surface area (Å²) in [6, 6.07) is 0. The number of hydrogen-bond acceptors (Lipinski definition) is 6. The molecular weight excluding hydrogens is 327 g/mol. The molecule has 0 aromatic heterocycles. The molecular formula is C15H21O6V-3. The van der Waals surface area contributed by atoms with Gasteiger partial charge in [-0.2, -0.15) is 0 Å². The van der Waals surface area contributed by atoms with Crippen LogP contribution in [0.4, 0.5) is 0 Å². The quantitative estimate of drug-likeness (QED) is 0.501. The van der Waals surface area contributed by atoms with E-state index in [0.29, 0.717) is 0 Å². The molecule has 0 aliphatic rings. The zero-order chi connectivity index (χ0) is 17.6. The van der Waals surface area contributed by atoms with Crippen LogP contribution in [0.5, 0.6) is 0 Å². The van der Waals surface area contributed by atoms with Gasteiger partial charge >= 0.3 is 0 Å². The number of carbonyl (C=O) groups excluding carboxylic acids is 3. The number of allylic oxidation sites excluding steroid dienone is 6. The molecule has 0 fully saturated rings. The molecule has 0 aromatic rings. The first-order chi connectivity index (χ1) is 9.38. The van der Waals surface area contributed by atoms with Gasteiger partial charge in [-0.25, -0.2) is 0 Å². The van der Waals surface area contributed by atoms with Crippen LogP contribution >= 0.6 is 0 Å². The molecule has 0 aromatic carbocycles. The Morgan fingerprint density at radius 2 is 0.682 bits per heavy atom. The van der Waals surface area contributed by atoms with Crippen LogP contribution in [0.25, 0.3) is 0 Å². The van der Waals surface area contributed by atoms with Gasteiger partial charge in [-0.15, -0.1) is 17.3 Å². The second-order valence-corrected chi connectivity index (χ2v) is 4.10. The summed E-state index contributed by atoms with van der Waals surface area (Å²) in [6.07, 6.45) is 3.17. The maximum atomic E-state index is 9.98. The second kappa shape index (κ2) is 17.3. The molecule has 0 N–H and O–H groups in total. The molecule has 0 atom stereocenters. The van der Waals surface area contributed by atoms with Crippen LogP contribution < -0.4 is 15.3 Å². The maximum Gasteiger partial charge on any atom is 0.151 e. The predicted molar refractivity (Wildman–Crippen MR) is 73.3 cm³/mol.